The molecular weight excluding hydrogens is 494 g/mol. The van der Waals surface area contributed by atoms with E-state index in [9.17, 15) is 39.9 Å². The fourth-order valence-corrected chi connectivity index (χ4v) is 4.39. The van der Waals surface area contributed by atoms with E-state index in [0.29, 0.717) is 6.92 Å². The molecule has 0 bridgehead atoms. The summed E-state index contributed by atoms with van der Waals surface area (Å²) in [6, 6.07) is 1.62. The van der Waals surface area contributed by atoms with Crippen LogP contribution in [0.1, 0.15) is 6.92 Å². The van der Waals surface area contributed by atoms with Crippen LogP contribution in [0.15, 0.2) is 35.4 Å². The van der Waals surface area contributed by atoms with Gasteiger partial charge in [-0.05, 0) is 25.1 Å². The molecule has 186 valence electrons. The number of hydrogen-bond donors (Lipinski definition) is 3. The zero-order valence-corrected chi connectivity index (χ0v) is 18.1. The molecule has 34 heavy (non-hydrogen) atoms. The normalized spacial score (nSPS) is 13.6. The molecule has 2 heterocycles. The number of nitrogens with two attached hydrogens (primary N) is 1. The summed E-state index contributed by atoms with van der Waals surface area (Å²) in [6.45, 7) is -3.23. The number of benzene rings is 1. The molecule has 0 unspecified atom stereocenters. The van der Waals surface area contributed by atoms with Gasteiger partial charge in [-0.25, -0.2) is 12.8 Å². The Labute approximate surface area is 189 Å². The predicted octanol–water partition coefficient (Wildman–Crippen LogP) is 3.25. The molecule has 1 aromatic carbocycles. The lowest BCUT2D eigenvalue weighted by molar-refractivity contribution is -0.147. The van der Waals surface area contributed by atoms with Crippen molar-refractivity contribution in [2.75, 3.05) is 12.3 Å². The molecule has 0 spiro atoms. The number of ether oxygens (including phenoxy) is 1. The van der Waals surface area contributed by atoms with E-state index in [-0.39, 0.29) is 34.5 Å². The quantitative estimate of drug-likeness (QED) is 0.399. The summed E-state index contributed by atoms with van der Waals surface area (Å²) in [5.74, 6) is -1.88. The van der Waals surface area contributed by atoms with E-state index in [0.717, 1.165) is 30.5 Å². The molecule has 3 aromatic rings. The van der Waals surface area contributed by atoms with Crippen LogP contribution in [0.2, 0.25) is 0 Å². The first-order chi connectivity index (χ1) is 15.8. The van der Waals surface area contributed by atoms with Crippen LogP contribution < -0.4 is 15.2 Å². The summed E-state index contributed by atoms with van der Waals surface area (Å²) in [5.41, 5.74) is 6.30. The standard InChI is InChI=1S/C19H18F6N4O4S/c1-9(19(23,24)25)28-34(31,32)10-2-3-13(27-8-10)17-16(26)11-6-12(20)15(33-18(21)22)7-14(11)29(17)4-5-30/h2-3,6-9,18,28,30H,4-5,26H2,1H3/t9-/m0/s1. The van der Waals surface area contributed by atoms with Gasteiger partial charge < -0.3 is 20.1 Å². The minimum absolute atomic E-state index is 0.0294. The van der Waals surface area contributed by atoms with E-state index >= 15 is 0 Å². The Hall–Kier alpha value is -3.04. The van der Waals surface area contributed by atoms with Crippen molar-refractivity contribution >= 4 is 26.6 Å². The van der Waals surface area contributed by atoms with E-state index in [1.807, 2.05) is 0 Å². The van der Waals surface area contributed by atoms with Gasteiger partial charge >= 0.3 is 12.8 Å². The number of aliphatic hydroxyl groups excluding tert-OH is 1. The number of nitrogens with zero attached hydrogens (tertiary/aromatic N) is 2. The SMILES string of the molecule is C[C@H](NS(=O)(=O)c1ccc(-c2c(N)c3cc(F)c(OC(F)F)cc3n2CCO)nc1)C(F)(F)F. The third-order valence-electron chi connectivity index (χ3n) is 4.81. The molecule has 2 aromatic heterocycles. The lowest BCUT2D eigenvalue weighted by atomic mass is 10.2. The molecule has 0 fully saturated rings. The molecule has 0 aliphatic heterocycles. The van der Waals surface area contributed by atoms with E-state index in [1.165, 1.54) is 9.29 Å². The Balaban J connectivity index is 2.08. The van der Waals surface area contributed by atoms with Crippen molar-refractivity contribution in [3.63, 3.8) is 0 Å². The highest BCUT2D eigenvalue weighted by molar-refractivity contribution is 7.89. The number of sulfonamides is 1. The number of aliphatic hydroxyl groups is 1. The van der Waals surface area contributed by atoms with Gasteiger partial charge in [-0.2, -0.15) is 26.7 Å². The molecular formula is C19H18F6N4O4S. The summed E-state index contributed by atoms with van der Waals surface area (Å²) in [7, 11) is -4.57. The lowest BCUT2D eigenvalue weighted by Gasteiger charge is -2.17. The van der Waals surface area contributed by atoms with Gasteiger partial charge in [0.25, 0.3) is 0 Å². The molecule has 0 saturated heterocycles. The van der Waals surface area contributed by atoms with Crippen LogP contribution in [0.5, 0.6) is 5.75 Å². The monoisotopic (exact) mass is 512 g/mol. The number of halogens is 6. The highest BCUT2D eigenvalue weighted by Crippen LogP contribution is 2.38. The van der Waals surface area contributed by atoms with Gasteiger partial charge in [-0.3, -0.25) is 4.98 Å². The molecule has 0 radical (unpaired) electrons. The molecule has 0 aliphatic carbocycles. The van der Waals surface area contributed by atoms with Crippen molar-refractivity contribution in [2.45, 2.75) is 37.2 Å². The van der Waals surface area contributed by atoms with E-state index in [2.05, 4.69) is 9.72 Å². The van der Waals surface area contributed by atoms with Crippen LogP contribution in [-0.4, -0.2) is 48.5 Å². The number of nitrogens with one attached hydrogen (secondary N) is 1. The van der Waals surface area contributed by atoms with Crippen molar-refractivity contribution in [1.82, 2.24) is 14.3 Å². The van der Waals surface area contributed by atoms with E-state index < -0.39 is 51.9 Å². The molecule has 0 saturated carbocycles. The number of pyridine rings is 1. The number of fused-ring (bicyclic) bond motifs is 1. The molecule has 4 N–H and O–H groups in total. The molecule has 1 atom stereocenters. The van der Waals surface area contributed by atoms with Crippen molar-refractivity contribution in [3.05, 3.63) is 36.3 Å². The van der Waals surface area contributed by atoms with Crippen molar-refractivity contribution in [3.8, 4) is 17.1 Å². The largest absolute Gasteiger partial charge is 0.432 e. The first-order valence-corrected chi connectivity index (χ1v) is 11.0. The summed E-state index contributed by atoms with van der Waals surface area (Å²) >= 11 is 0. The first-order valence-electron chi connectivity index (χ1n) is 9.48. The predicted molar refractivity (Wildman–Crippen MR) is 109 cm³/mol. The summed E-state index contributed by atoms with van der Waals surface area (Å²) in [6.07, 6.45) is -4.00. The number of aromatic nitrogens is 2. The maximum atomic E-state index is 14.2. The van der Waals surface area contributed by atoms with Gasteiger partial charge in [0, 0.05) is 24.2 Å². The van der Waals surface area contributed by atoms with Gasteiger partial charge in [0.2, 0.25) is 10.0 Å². The Kier molecular flexibility index (Phi) is 7.00. The lowest BCUT2D eigenvalue weighted by Crippen LogP contribution is -2.42. The Morgan fingerprint density at radius 3 is 2.47 bits per heavy atom. The number of rotatable bonds is 8. The summed E-state index contributed by atoms with van der Waals surface area (Å²) in [5, 5.41) is 9.53. The smallest absolute Gasteiger partial charge is 0.404 e. The molecule has 15 heteroatoms. The highest BCUT2D eigenvalue weighted by Gasteiger charge is 2.39. The van der Waals surface area contributed by atoms with Gasteiger partial charge in [0.15, 0.2) is 11.6 Å². The molecule has 8 nitrogen and oxygen atoms in total. The minimum Gasteiger partial charge on any atom is -0.432 e. The number of hydrogen-bond acceptors (Lipinski definition) is 6. The van der Waals surface area contributed by atoms with E-state index in [4.69, 9.17) is 5.73 Å². The molecule has 0 amide bonds. The minimum atomic E-state index is -4.80. The Morgan fingerprint density at radius 1 is 1.26 bits per heavy atom. The fourth-order valence-electron chi connectivity index (χ4n) is 3.22. The van der Waals surface area contributed by atoms with Gasteiger partial charge in [-0.1, -0.05) is 0 Å². The topological polar surface area (TPSA) is 119 Å². The van der Waals surface area contributed by atoms with Crippen LogP contribution in [0, 0.1) is 5.82 Å². The van der Waals surface area contributed by atoms with Crippen LogP contribution in [-0.2, 0) is 16.6 Å². The highest BCUT2D eigenvalue weighted by atomic mass is 32.2. The summed E-state index contributed by atoms with van der Waals surface area (Å²) < 4.78 is 109. The molecule has 3 rings (SSSR count). The third kappa shape index (κ3) is 5.05. The average Bonchev–Trinajstić information content (AvgIpc) is 2.98. The molecule has 0 aliphatic rings. The van der Waals surface area contributed by atoms with Crippen LogP contribution in [0.25, 0.3) is 22.3 Å². The first kappa shape index (κ1) is 25.6. The number of alkyl halides is 5. The average molecular weight is 512 g/mol. The number of nitrogen functional groups attached to an aromatic ring is 1. The summed E-state index contributed by atoms with van der Waals surface area (Å²) in [4.78, 5) is 3.39. The maximum Gasteiger partial charge on any atom is 0.404 e. The van der Waals surface area contributed by atoms with Crippen molar-refractivity contribution in [1.29, 1.82) is 0 Å². The van der Waals surface area contributed by atoms with Crippen LogP contribution in [0.3, 0.4) is 0 Å². The van der Waals surface area contributed by atoms with Gasteiger partial charge in [-0.15, -0.1) is 0 Å². The van der Waals surface area contributed by atoms with Crippen molar-refractivity contribution in [2.24, 2.45) is 0 Å². The van der Waals surface area contributed by atoms with Crippen molar-refractivity contribution < 1.29 is 44.6 Å². The second-order valence-corrected chi connectivity index (χ2v) is 8.79. The Bertz CT molecular complexity index is 1290. The van der Waals surface area contributed by atoms with Crippen LogP contribution in [0.4, 0.5) is 32.0 Å². The fraction of sp³-hybridized carbons (Fsp3) is 0.316. The zero-order valence-electron chi connectivity index (χ0n) is 17.3. The maximum absolute atomic E-state index is 14.2. The number of anilines is 1. The van der Waals surface area contributed by atoms with Crippen LogP contribution >= 0.6 is 0 Å². The third-order valence-corrected chi connectivity index (χ3v) is 6.33. The second kappa shape index (κ2) is 9.31. The Morgan fingerprint density at radius 2 is 1.94 bits per heavy atom. The van der Waals surface area contributed by atoms with Gasteiger partial charge in [0.05, 0.1) is 29.2 Å². The van der Waals surface area contributed by atoms with E-state index in [1.54, 1.807) is 0 Å². The zero-order chi connectivity index (χ0) is 25.4. The van der Waals surface area contributed by atoms with Gasteiger partial charge in [0.1, 0.15) is 10.9 Å². The second-order valence-electron chi connectivity index (χ2n) is 7.08.